The molecule has 1 atom stereocenters. The molecule has 3 rings (SSSR count). The Hall–Kier alpha value is -2.21. The van der Waals surface area contributed by atoms with Gasteiger partial charge in [-0.25, -0.2) is 9.78 Å². The van der Waals surface area contributed by atoms with Gasteiger partial charge in [-0.15, -0.1) is 11.3 Å². The molecule has 1 N–H and O–H groups in total. The summed E-state index contributed by atoms with van der Waals surface area (Å²) >= 11 is 1.38. The average molecular weight is 288 g/mol. The lowest BCUT2D eigenvalue weighted by Crippen LogP contribution is -2.37. The van der Waals surface area contributed by atoms with E-state index in [9.17, 15) is 9.59 Å². The highest BCUT2D eigenvalue weighted by atomic mass is 32.1. The van der Waals surface area contributed by atoms with Gasteiger partial charge in [0.05, 0.1) is 5.56 Å². The molecule has 0 saturated carbocycles. The number of rotatable bonds is 2. The van der Waals surface area contributed by atoms with E-state index in [4.69, 9.17) is 4.74 Å². The molecule has 5 nitrogen and oxygen atoms in total. The Morgan fingerprint density at radius 1 is 1.45 bits per heavy atom. The minimum Gasteiger partial charge on any atom is -0.448 e. The van der Waals surface area contributed by atoms with Crippen LogP contribution >= 0.6 is 11.3 Å². The molecule has 102 valence electrons. The maximum atomic E-state index is 12.1. The van der Waals surface area contributed by atoms with E-state index in [1.807, 2.05) is 19.1 Å². The van der Waals surface area contributed by atoms with Gasteiger partial charge < -0.3 is 4.74 Å². The maximum Gasteiger partial charge on any atom is 0.339 e. The van der Waals surface area contributed by atoms with Crippen molar-refractivity contribution < 1.29 is 14.3 Å². The number of hydrogen-bond acceptors (Lipinski definition) is 5. The number of aromatic nitrogens is 1. The first kappa shape index (κ1) is 12.8. The molecule has 0 spiro atoms. The molecule has 1 aromatic heterocycles. The number of esters is 1. The van der Waals surface area contributed by atoms with Gasteiger partial charge in [-0.1, -0.05) is 18.2 Å². The van der Waals surface area contributed by atoms with Gasteiger partial charge in [0, 0.05) is 17.5 Å². The molecule has 0 radical (unpaired) electrons. The number of amides is 1. The summed E-state index contributed by atoms with van der Waals surface area (Å²) in [4.78, 5) is 29.0. The van der Waals surface area contributed by atoms with Crippen LogP contribution in [0.4, 0.5) is 5.13 Å². The van der Waals surface area contributed by atoms with Crippen LogP contribution in [0.2, 0.25) is 0 Å². The van der Waals surface area contributed by atoms with Gasteiger partial charge in [0.15, 0.2) is 11.2 Å². The topological polar surface area (TPSA) is 68.3 Å². The number of nitrogens with one attached hydrogen (secondary N) is 1. The number of carbonyl (C=O) groups is 2. The molecule has 2 aromatic rings. The van der Waals surface area contributed by atoms with Crippen LogP contribution in [0.25, 0.3) is 0 Å². The molecule has 6 heteroatoms. The zero-order valence-corrected chi connectivity index (χ0v) is 11.6. The van der Waals surface area contributed by atoms with Crippen LogP contribution in [0.15, 0.2) is 30.5 Å². The second-order valence-electron chi connectivity index (χ2n) is 4.52. The van der Waals surface area contributed by atoms with Gasteiger partial charge >= 0.3 is 5.97 Å². The van der Waals surface area contributed by atoms with Gasteiger partial charge in [-0.05, 0) is 18.6 Å². The van der Waals surface area contributed by atoms with Crippen molar-refractivity contribution in [2.24, 2.45) is 0 Å². The second kappa shape index (κ2) is 5.05. The first-order valence-electron chi connectivity index (χ1n) is 6.15. The highest BCUT2D eigenvalue weighted by molar-refractivity contribution is 7.15. The van der Waals surface area contributed by atoms with Gasteiger partial charge in [0.25, 0.3) is 5.91 Å². The van der Waals surface area contributed by atoms with E-state index < -0.39 is 12.1 Å². The van der Waals surface area contributed by atoms with Crippen LogP contribution in [-0.4, -0.2) is 23.0 Å². The zero-order chi connectivity index (χ0) is 14.1. The third-order valence-electron chi connectivity index (χ3n) is 3.04. The minimum atomic E-state index is -0.804. The van der Waals surface area contributed by atoms with Crippen molar-refractivity contribution in [1.29, 1.82) is 0 Å². The molecule has 1 aromatic carbocycles. The standard InChI is InChI=1S/C14H12N2O3S/c1-8-7-15-14(20-8)16-12(17)11-6-9-4-2-3-5-10(9)13(18)19-11/h2-5,7,11H,6H2,1H3,(H,15,16,17). The summed E-state index contributed by atoms with van der Waals surface area (Å²) < 4.78 is 5.18. The van der Waals surface area contributed by atoms with Crippen LogP contribution in [-0.2, 0) is 16.0 Å². The monoisotopic (exact) mass is 288 g/mol. The lowest BCUT2D eigenvalue weighted by Gasteiger charge is -2.23. The van der Waals surface area contributed by atoms with E-state index in [2.05, 4.69) is 10.3 Å². The molecule has 0 fully saturated rings. The molecule has 1 unspecified atom stereocenters. The van der Waals surface area contributed by atoms with Crippen molar-refractivity contribution in [2.45, 2.75) is 19.4 Å². The van der Waals surface area contributed by atoms with Crippen LogP contribution in [0.3, 0.4) is 0 Å². The Morgan fingerprint density at radius 2 is 2.25 bits per heavy atom. The van der Waals surface area contributed by atoms with Crippen molar-refractivity contribution in [3.05, 3.63) is 46.5 Å². The number of benzene rings is 1. The summed E-state index contributed by atoms with van der Waals surface area (Å²) in [6.45, 7) is 1.91. The highest BCUT2D eigenvalue weighted by Gasteiger charge is 2.31. The summed E-state index contributed by atoms with van der Waals surface area (Å²) in [6.07, 6.45) is 1.27. The van der Waals surface area contributed by atoms with Crippen molar-refractivity contribution in [3.63, 3.8) is 0 Å². The van der Waals surface area contributed by atoms with E-state index in [1.54, 1.807) is 18.3 Å². The van der Waals surface area contributed by atoms with Crippen LogP contribution in [0.5, 0.6) is 0 Å². The highest BCUT2D eigenvalue weighted by Crippen LogP contribution is 2.22. The molecular formula is C14H12N2O3S. The fraction of sp³-hybridized carbons (Fsp3) is 0.214. The third kappa shape index (κ3) is 2.42. The first-order valence-corrected chi connectivity index (χ1v) is 6.97. The number of hydrogen-bond donors (Lipinski definition) is 1. The minimum absolute atomic E-state index is 0.345. The summed E-state index contributed by atoms with van der Waals surface area (Å²) in [5.41, 5.74) is 1.36. The number of cyclic esters (lactones) is 1. The van der Waals surface area contributed by atoms with E-state index in [0.717, 1.165) is 10.4 Å². The Balaban J connectivity index is 1.76. The number of nitrogens with zero attached hydrogens (tertiary/aromatic N) is 1. The van der Waals surface area contributed by atoms with E-state index in [-0.39, 0.29) is 5.91 Å². The molecule has 1 aliphatic rings. The third-order valence-corrected chi connectivity index (χ3v) is 3.86. The SMILES string of the molecule is Cc1cnc(NC(=O)C2Cc3ccccc3C(=O)O2)s1. The van der Waals surface area contributed by atoms with E-state index >= 15 is 0 Å². The fourth-order valence-electron chi connectivity index (χ4n) is 2.08. The van der Waals surface area contributed by atoms with Crippen LogP contribution in [0, 0.1) is 6.92 Å². The molecule has 0 saturated heterocycles. The van der Waals surface area contributed by atoms with Crippen LogP contribution in [0.1, 0.15) is 20.8 Å². The normalized spacial score (nSPS) is 17.2. The number of aryl methyl sites for hydroxylation is 1. The maximum absolute atomic E-state index is 12.1. The Morgan fingerprint density at radius 3 is 3.00 bits per heavy atom. The first-order chi connectivity index (χ1) is 9.63. The lowest BCUT2D eigenvalue weighted by molar-refractivity contribution is -0.125. The molecule has 0 bridgehead atoms. The number of anilines is 1. The number of ether oxygens (including phenoxy) is 1. The quantitative estimate of drug-likeness (QED) is 0.860. The number of carbonyl (C=O) groups excluding carboxylic acids is 2. The van der Waals surface area contributed by atoms with Gasteiger partial charge in [0.2, 0.25) is 0 Å². The fourth-order valence-corrected chi connectivity index (χ4v) is 2.74. The average Bonchev–Trinajstić information content (AvgIpc) is 2.84. The molecule has 2 heterocycles. The summed E-state index contributed by atoms with van der Waals surface area (Å²) in [6, 6.07) is 7.16. The van der Waals surface area contributed by atoms with Crippen molar-refractivity contribution >= 4 is 28.3 Å². The molecule has 0 aliphatic carbocycles. The Kier molecular flexibility index (Phi) is 3.23. The predicted octanol–water partition coefficient (Wildman–Crippen LogP) is 2.17. The lowest BCUT2D eigenvalue weighted by atomic mass is 9.98. The smallest absolute Gasteiger partial charge is 0.339 e. The number of fused-ring (bicyclic) bond motifs is 1. The predicted molar refractivity (Wildman–Crippen MR) is 74.8 cm³/mol. The van der Waals surface area contributed by atoms with Gasteiger partial charge in [-0.2, -0.15) is 0 Å². The summed E-state index contributed by atoms with van der Waals surface area (Å²) in [5.74, 6) is -0.801. The molecule has 1 amide bonds. The summed E-state index contributed by atoms with van der Waals surface area (Å²) in [5, 5.41) is 3.19. The zero-order valence-electron chi connectivity index (χ0n) is 10.8. The van der Waals surface area contributed by atoms with Crippen molar-refractivity contribution in [3.8, 4) is 0 Å². The second-order valence-corrected chi connectivity index (χ2v) is 5.76. The molecule has 1 aliphatic heterocycles. The van der Waals surface area contributed by atoms with E-state index in [1.165, 1.54) is 11.3 Å². The van der Waals surface area contributed by atoms with Gasteiger partial charge in [-0.3, -0.25) is 10.1 Å². The van der Waals surface area contributed by atoms with Crippen molar-refractivity contribution in [2.75, 3.05) is 5.32 Å². The Bertz CT molecular complexity index is 681. The van der Waals surface area contributed by atoms with Crippen LogP contribution < -0.4 is 5.32 Å². The van der Waals surface area contributed by atoms with E-state index in [0.29, 0.717) is 17.1 Å². The van der Waals surface area contributed by atoms with Crippen molar-refractivity contribution in [1.82, 2.24) is 4.98 Å². The number of thiazole rings is 1. The van der Waals surface area contributed by atoms with Gasteiger partial charge in [0.1, 0.15) is 0 Å². The summed E-state index contributed by atoms with van der Waals surface area (Å²) in [7, 11) is 0. The Labute approximate surface area is 119 Å². The largest absolute Gasteiger partial charge is 0.448 e. The molecular weight excluding hydrogens is 276 g/mol. The molecule has 20 heavy (non-hydrogen) atoms.